The molecule has 1 heterocycles. The summed E-state index contributed by atoms with van der Waals surface area (Å²) in [4.78, 5) is 15.8. The van der Waals surface area contributed by atoms with Crippen LogP contribution in [0.2, 0.25) is 0 Å². The smallest absolute Gasteiger partial charge is 0.337 e. The minimum Gasteiger partial charge on any atom is -0.479 e. The van der Waals surface area contributed by atoms with Gasteiger partial charge in [0.15, 0.2) is 11.9 Å². The maximum atomic E-state index is 12.1. The van der Waals surface area contributed by atoms with E-state index < -0.39 is 30.0 Å². The number of fused-ring (bicyclic) bond motifs is 1. The highest BCUT2D eigenvalue weighted by Gasteiger charge is 2.52. The minimum atomic E-state index is -1.37. The number of aliphatic hydroxyl groups is 1. The summed E-state index contributed by atoms with van der Waals surface area (Å²) in [5.41, 5.74) is -0.692. The van der Waals surface area contributed by atoms with Crippen LogP contribution >= 0.6 is 0 Å². The van der Waals surface area contributed by atoms with Crippen molar-refractivity contribution >= 4 is 12.0 Å². The van der Waals surface area contributed by atoms with Gasteiger partial charge in [-0.15, -0.1) is 4.99 Å². The highest BCUT2D eigenvalue weighted by atomic mass is 16.7. The van der Waals surface area contributed by atoms with Crippen LogP contribution in [0.15, 0.2) is 53.5 Å². The van der Waals surface area contributed by atoms with E-state index in [-0.39, 0.29) is 11.6 Å². The number of nitrogens with one attached hydrogen (secondary N) is 1. The van der Waals surface area contributed by atoms with Gasteiger partial charge in [0.05, 0.1) is 18.7 Å². The van der Waals surface area contributed by atoms with E-state index in [0.29, 0.717) is 17.1 Å². The molecule has 3 rings (SSSR count). The van der Waals surface area contributed by atoms with Crippen LogP contribution in [0.5, 0.6) is 11.5 Å². The average molecular weight is 455 g/mol. The van der Waals surface area contributed by atoms with Gasteiger partial charge in [0.1, 0.15) is 17.6 Å². The molecule has 0 aromatic heterocycles. The van der Waals surface area contributed by atoms with Crippen LogP contribution in [0.25, 0.3) is 0 Å². The molecular weight excluding hydrogens is 430 g/mol. The lowest BCUT2D eigenvalue weighted by atomic mass is 9.84. The van der Waals surface area contributed by atoms with Crippen molar-refractivity contribution in [2.24, 2.45) is 4.99 Å². The largest absolute Gasteiger partial charge is 0.479 e. The van der Waals surface area contributed by atoms with Crippen LogP contribution in [0, 0.1) is 11.5 Å². The van der Waals surface area contributed by atoms with Gasteiger partial charge in [0.2, 0.25) is 6.19 Å². The fourth-order valence-corrected chi connectivity index (χ4v) is 3.70. The number of carbonyl (C=O) groups is 1. The van der Waals surface area contributed by atoms with Crippen LogP contribution in [0.4, 0.5) is 0 Å². The highest BCUT2D eigenvalue weighted by molar-refractivity contribution is 5.90. The number of nitriles is 1. The Hall–Kier alpha value is -3.65. The second-order valence-corrected chi connectivity index (χ2v) is 7.33. The van der Waals surface area contributed by atoms with Crippen molar-refractivity contribution in [2.75, 3.05) is 21.3 Å². The molecule has 0 spiro atoms. The van der Waals surface area contributed by atoms with Gasteiger partial charge in [0.25, 0.3) is 0 Å². The zero-order valence-corrected chi connectivity index (χ0v) is 18.6. The highest BCUT2D eigenvalue weighted by Crippen LogP contribution is 2.42. The molecule has 174 valence electrons. The van der Waals surface area contributed by atoms with Gasteiger partial charge >= 0.3 is 12.0 Å². The molecule has 0 saturated heterocycles. The lowest BCUT2D eigenvalue weighted by molar-refractivity contribution is -0.238. The van der Waals surface area contributed by atoms with Crippen LogP contribution in [-0.2, 0) is 14.2 Å². The molecule has 0 fully saturated rings. The number of methoxy groups -OCH3 is 3. The van der Waals surface area contributed by atoms with Gasteiger partial charge in [-0.3, -0.25) is 0 Å². The van der Waals surface area contributed by atoms with E-state index in [1.165, 1.54) is 27.4 Å². The van der Waals surface area contributed by atoms with E-state index in [1.807, 2.05) is 6.07 Å². The van der Waals surface area contributed by atoms with Gasteiger partial charge in [-0.1, -0.05) is 18.2 Å². The average Bonchev–Trinajstić information content (AvgIpc) is 2.82. The Morgan fingerprint density at radius 1 is 1.21 bits per heavy atom. The Balaban J connectivity index is 2.06. The lowest BCUT2D eigenvalue weighted by Gasteiger charge is -2.46. The third-order valence-corrected chi connectivity index (χ3v) is 5.28. The fourth-order valence-electron chi connectivity index (χ4n) is 3.70. The summed E-state index contributed by atoms with van der Waals surface area (Å²) in [6.45, 7) is 1.63. The van der Waals surface area contributed by atoms with E-state index in [9.17, 15) is 15.2 Å². The topological polar surface area (TPSA) is 132 Å². The first-order valence-electron chi connectivity index (χ1n) is 9.99. The van der Waals surface area contributed by atoms with Gasteiger partial charge in [-0.2, -0.15) is 5.26 Å². The number of nitrogens with zero attached hydrogens (tertiary/aromatic N) is 2. The zero-order valence-electron chi connectivity index (χ0n) is 18.6. The number of benzene rings is 2. The first kappa shape index (κ1) is 24.0. The first-order valence-corrected chi connectivity index (χ1v) is 9.99. The molecule has 0 aliphatic carbocycles. The van der Waals surface area contributed by atoms with Crippen molar-refractivity contribution in [3.05, 3.63) is 59.7 Å². The summed E-state index contributed by atoms with van der Waals surface area (Å²) in [7, 11) is 4.12. The summed E-state index contributed by atoms with van der Waals surface area (Å²) in [5, 5.41) is 23.5. The number of ether oxygens (including phenoxy) is 5. The minimum absolute atomic E-state index is 0.155. The van der Waals surface area contributed by atoms with Gasteiger partial charge in [0, 0.05) is 19.8 Å². The molecule has 0 amide bonds. The molecule has 1 aliphatic heterocycles. The number of amidine groups is 1. The fraction of sp³-hybridized carbons (Fsp3) is 0.348. The van der Waals surface area contributed by atoms with Crippen LogP contribution < -0.4 is 14.8 Å². The molecule has 2 N–H and O–H groups in total. The summed E-state index contributed by atoms with van der Waals surface area (Å²) in [6, 6.07) is 12.3. The predicted octanol–water partition coefficient (Wildman–Crippen LogP) is 2.15. The van der Waals surface area contributed by atoms with Crippen molar-refractivity contribution in [3.8, 4) is 17.7 Å². The number of hydrogen-bond acceptors (Lipinski definition) is 9. The molecular formula is C23H25N3O7. The molecule has 0 radical (unpaired) electrons. The standard InChI is InChI=1S/C23H25N3O7/c1-23(21(30-3)31-4)19(27)18(16-12-14(20(28)29-2)10-11-17(16)33-23)26-22(25-13-24)32-15-8-6-5-7-9-15/h5-12,18-19,21,27H,1-4H3,(H,25,26)/t18-,19+,23-/m1/s1. The molecule has 0 unspecified atom stereocenters. The number of aliphatic imine (C=N–C) groups is 1. The van der Waals surface area contributed by atoms with Crippen molar-refractivity contribution in [1.82, 2.24) is 5.32 Å². The first-order chi connectivity index (χ1) is 15.9. The molecule has 33 heavy (non-hydrogen) atoms. The Bertz CT molecular complexity index is 1050. The van der Waals surface area contributed by atoms with E-state index in [2.05, 4.69) is 10.3 Å². The maximum Gasteiger partial charge on any atom is 0.337 e. The second kappa shape index (κ2) is 10.3. The number of hydrogen-bond donors (Lipinski definition) is 2. The Morgan fingerprint density at radius 3 is 2.52 bits per heavy atom. The molecule has 2 aromatic rings. The Labute approximate surface area is 191 Å². The number of carbonyl (C=O) groups excluding carboxylic acids is 1. The summed E-state index contributed by atoms with van der Waals surface area (Å²) in [5.74, 6) is 0.235. The summed E-state index contributed by atoms with van der Waals surface area (Å²) >= 11 is 0. The van der Waals surface area contributed by atoms with Gasteiger partial charge in [-0.25, -0.2) is 4.79 Å². The molecule has 2 aromatic carbocycles. The van der Waals surface area contributed by atoms with Crippen LogP contribution in [0.1, 0.15) is 28.9 Å². The molecule has 0 bridgehead atoms. The third-order valence-electron chi connectivity index (χ3n) is 5.28. The van der Waals surface area contributed by atoms with E-state index in [1.54, 1.807) is 49.5 Å². The second-order valence-electron chi connectivity index (χ2n) is 7.33. The summed E-state index contributed by atoms with van der Waals surface area (Å²) in [6.07, 6.45) is -0.549. The normalized spacial score (nSPS) is 22.0. The van der Waals surface area contributed by atoms with E-state index in [4.69, 9.17) is 23.7 Å². The molecule has 3 atom stereocenters. The van der Waals surface area contributed by atoms with Crippen molar-refractivity contribution in [3.63, 3.8) is 0 Å². The quantitative estimate of drug-likeness (QED) is 0.221. The van der Waals surface area contributed by atoms with E-state index >= 15 is 0 Å². The Kier molecular flexibility index (Phi) is 7.50. The number of aliphatic hydroxyl groups excluding tert-OH is 1. The Morgan fingerprint density at radius 2 is 1.91 bits per heavy atom. The van der Waals surface area contributed by atoms with E-state index in [0.717, 1.165) is 0 Å². The molecule has 1 aliphatic rings. The summed E-state index contributed by atoms with van der Waals surface area (Å²) < 4.78 is 27.4. The monoisotopic (exact) mass is 455 g/mol. The molecule has 10 nitrogen and oxygen atoms in total. The molecule has 0 saturated carbocycles. The van der Waals surface area contributed by atoms with Crippen LogP contribution in [0.3, 0.4) is 0 Å². The predicted molar refractivity (Wildman–Crippen MR) is 117 cm³/mol. The van der Waals surface area contributed by atoms with Crippen molar-refractivity contribution in [1.29, 1.82) is 5.26 Å². The molecule has 10 heteroatoms. The number of esters is 1. The van der Waals surface area contributed by atoms with Crippen LogP contribution in [-0.4, -0.2) is 56.4 Å². The maximum absolute atomic E-state index is 12.1. The van der Waals surface area contributed by atoms with Gasteiger partial charge in [-0.05, 0) is 37.3 Å². The van der Waals surface area contributed by atoms with Crippen molar-refractivity contribution < 1.29 is 33.6 Å². The van der Waals surface area contributed by atoms with Gasteiger partial charge < -0.3 is 34.1 Å². The lowest BCUT2D eigenvalue weighted by Crippen LogP contribution is -2.62. The number of para-hydroxylation sites is 1. The SMILES string of the molecule is COC(=O)c1ccc2c(c1)[C@@H](N/C(=N/C#N)Oc1ccccc1)[C@H](O)[C@](C)(C(OC)OC)O2. The van der Waals surface area contributed by atoms with Crippen molar-refractivity contribution in [2.45, 2.75) is 31.0 Å². The third kappa shape index (κ3) is 4.90. The number of rotatable bonds is 6. The zero-order chi connectivity index (χ0) is 24.0.